The molecule has 1 aliphatic heterocycles. The van der Waals surface area contributed by atoms with Crippen molar-refractivity contribution in [3.05, 3.63) is 58.6 Å². The highest BCUT2D eigenvalue weighted by molar-refractivity contribution is 7.89. The van der Waals surface area contributed by atoms with E-state index in [1.165, 1.54) is 46.8 Å². The summed E-state index contributed by atoms with van der Waals surface area (Å²) in [4.78, 5) is 24.3. The van der Waals surface area contributed by atoms with Crippen molar-refractivity contribution in [2.24, 2.45) is 0 Å². The summed E-state index contributed by atoms with van der Waals surface area (Å²) in [5.74, 6) is -1.67. The number of phenolic OH excluding ortho intramolecular Hbond substituents is 1. The molecule has 0 radical (unpaired) electrons. The summed E-state index contributed by atoms with van der Waals surface area (Å²) in [5.41, 5.74) is 4.44. The molecular weight excluding hydrogens is 406 g/mol. The minimum absolute atomic E-state index is 0.0974. The lowest BCUT2D eigenvalue weighted by atomic mass is 10.2. The summed E-state index contributed by atoms with van der Waals surface area (Å²) in [5, 5.41) is 9.95. The van der Waals surface area contributed by atoms with Gasteiger partial charge in [-0.25, -0.2) is 8.42 Å². The summed E-state index contributed by atoms with van der Waals surface area (Å²) in [6, 6.07) is 9.38. The summed E-state index contributed by atoms with van der Waals surface area (Å²) < 4.78 is 26.4. The van der Waals surface area contributed by atoms with E-state index in [0.717, 1.165) is 12.8 Å². The number of aromatic hydroxyl groups is 1. The summed E-state index contributed by atoms with van der Waals surface area (Å²) in [6.07, 6.45) is 1.67. The van der Waals surface area contributed by atoms with Crippen LogP contribution in [0.25, 0.3) is 0 Å². The Balaban J connectivity index is 1.65. The van der Waals surface area contributed by atoms with Crippen LogP contribution < -0.4 is 10.9 Å². The SMILES string of the molecule is O=C(NNC(=O)c1cc(Cl)ccc1O)c1ccc(S(=O)(=O)N2CCCC2)cc1. The first-order valence-electron chi connectivity index (χ1n) is 8.48. The van der Waals surface area contributed by atoms with Crippen LogP contribution in [0.1, 0.15) is 33.6 Å². The quantitative estimate of drug-likeness (QED) is 0.649. The third-order valence-corrected chi connectivity index (χ3v) is 6.46. The molecule has 1 saturated heterocycles. The third kappa shape index (κ3) is 4.27. The Hall–Kier alpha value is -2.62. The van der Waals surface area contributed by atoms with Crippen molar-refractivity contribution < 1.29 is 23.1 Å². The molecule has 1 fully saturated rings. The van der Waals surface area contributed by atoms with Crippen LogP contribution in [0.5, 0.6) is 5.75 Å². The molecule has 1 heterocycles. The minimum atomic E-state index is -3.56. The fourth-order valence-electron chi connectivity index (χ4n) is 2.80. The number of hydrogen-bond donors (Lipinski definition) is 3. The van der Waals surface area contributed by atoms with Crippen LogP contribution in [-0.4, -0.2) is 42.7 Å². The van der Waals surface area contributed by atoms with Gasteiger partial charge in [0.05, 0.1) is 10.5 Å². The number of nitrogens with one attached hydrogen (secondary N) is 2. The molecule has 2 aromatic carbocycles. The van der Waals surface area contributed by atoms with Gasteiger partial charge in [0.15, 0.2) is 0 Å². The van der Waals surface area contributed by atoms with Gasteiger partial charge in [0.25, 0.3) is 11.8 Å². The number of hydrazine groups is 1. The van der Waals surface area contributed by atoms with Crippen LogP contribution in [0.15, 0.2) is 47.4 Å². The number of carbonyl (C=O) groups excluding carboxylic acids is 2. The minimum Gasteiger partial charge on any atom is -0.507 e. The van der Waals surface area contributed by atoms with Crippen molar-refractivity contribution in [1.29, 1.82) is 0 Å². The van der Waals surface area contributed by atoms with Crippen LogP contribution in [-0.2, 0) is 10.0 Å². The average Bonchev–Trinajstić information content (AvgIpc) is 3.23. The van der Waals surface area contributed by atoms with Crippen molar-refractivity contribution in [3.63, 3.8) is 0 Å². The predicted molar refractivity (Wildman–Crippen MR) is 102 cm³/mol. The van der Waals surface area contributed by atoms with E-state index in [4.69, 9.17) is 11.6 Å². The Bertz CT molecular complexity index is 1000. The van der Waals surface area contributed by atoms with E-state index in [2.05, 4.69) is 10.9 Å². The van der Waals surface area contributed by atoms with Gasteiger partial charge in [0.2, 0.25) is 10.0 Å². The molecule has 2 amide bonds. The van der Waals surface area contributed by atoms with Gasteiger partial charge in [0, 0.05) is 23.7 Å². The Labute approximate surface area is 167 Å². The van der Waals surface area contributed by atoms with Crippen LogP contribution in [0.3, 0.4) is 0 Å². The molecule has 0 unspecified atom stereocenters. The normalized spacial score (nSPS) is 14.6. The summed E-state index contributed by atoms with van der Waals surface area (Å²) in [6.45, 7) is 0.986. The van der Waals surface area contributed by atoms with E-state index in [1.54, 1.807) is 0 Å². The highest BCUT2D eigenvalue weighted by Crippen LogP contribution is 2.22. The first-order valence-corrected chi connectivity index (χ1v) is 10.3. The van der Waals surface area contributed by atoms with Gasteiger partial charge in [-0.2, -0.15) is 4.31 Å². The zero-order chi connectivity index (χ0) is 20.3. The highest BCUT2D eigenvalue weighted by Gasteiger charge is 2.27. The second kappa shape index (κ2) is 8.17. The average molecular weight is 424 g/mol. The second-order valence-electron chi connectivity index (χ2n) is 6.21. The van der Waals surface area contributed by atoms with Crippen LogP contribution in [0.2, 0.25) is 5.02 Å². The summed E-state index contributed by atoms with van der Waals surface area (Å²) in [7, 11) is -3.56. The molecule has 0 aromatic heterocycles. The number of halogens is 1. The maximum absolute atomic E-state index is 12.5. The molecule has 10 heteroatoms. The highest BCUT2D eigenvalue weighted by atomic mass is 35.5. The molecule has 2 aromatic rings. The van der Waals surface area contributed by atoms with E-state index < -0.39 is 21.8 Å². The molecule has 0 saturated carbocycles. The standard InChI is InChI=1S/C18H18ClN3O5S/c19-13-5-8-16(23)15(11-13)18(25)21-20-17(24)12-3-6-14(7-4-12)28(26,27)22-9-1-2-10-22/h3-8,11,23H,1-2,9-10H2,(H,20,24)(H,21,25). The first kappa shape index (κ1) is 20.1. The van der Waals surface area contributed by atoms with Crippen LogP contribution in [0.4, 0.5) is 0 Å². The molecular formula is C18H18ClN3O5S. The number of phenols is 1. The zero-order valence-electron chi connectivity index (χ0n) is 14.7. The maximum Gasteiger partial charge on any atom is 0.273 e. The lowest BCUT2D eigenvalue weighted by Gasteiger charge is -2.15. The molecule has 148 valence electrons. The van der Waals surface area contributed by atoms with E-state index in [0.29, 0.717) is 13.1 Å². The topological polar surface area (TPSA) is 116 Å². The molecule has 0 bridgehead atoms. The van der Waals surface area contributed by atoms with Gasteiger partial charge >= 0.3 is 0 Å². The molecule has 0 atom stereocenters. The Morgan fingerprint density at radius 3 is 2.21 bits per heavy atom. The van der Waals surface area contributed by atoms with Crippen molar-refractivity contribution in [2.75, 3.05) is 13.1 Å². The van der Waals surface area contributed by atoms with E-state index >= 15 is 0 Å². The monoisotopic (exact) mass is 423 g/mol. The van der Waals surface area contributed by atoms with Crippen molar-refractivity contribution in [2.45, 2.75) is 17.7 Å². The van der Waals surface area contributed by atoms with E-state index in [1.807, 2.05) is 0 Å². The molecule has 28 heavy (non-hydrogen) atoms. The molecule has 1 aliphatic rings. The fourth-order valence-corrected chi connectivity index (χ4v) is 4.49. The predicted octanol–water partition coefficient (Wildman–Crippen LogP) is 1.90. The maximum atomic E-state index is 12.5. The Kier molecular flexibility index (Phi) is 5.87. The van der Waals surface area contributed by atoms with Crippen molar-refractivity contribution in [3.8, 4) is 5.75 Å². The van der Waals surface area contributed by atoms with E-state index in [-0.39, 0.29) is 26.8 Å². The smallest absolute Gasteiger partial charge is 0.273 e. The van der Waals surface area contributed by atoms with Crippen molar-refractivity contribution >= 4 is 33.4 Å². The fraction of sp³-hybridized carbons (Fsp3) is 0.222. The molecule has 8 nitrogen and oxygen atoms in total. The van der Waals surface area contributed by atoms with Gasteiger partial charge in [-0.3, -0.25) is 20.4 Å². The second-order valence-corrected chi connectivity index (χ2v) is 8.58. The summed E-state index contributed by atoms with van der Waals surface area (Å²) >= 11 is 5.79. The van der Waals surface area contributed by atoms with Gasteiger partial charge < -0.3 is 5.11 Å². The third-order valence-electron chi connectivity index (χ3n) is 4.31. The van der Waals surface area contributed by atoms with Gasteiger partial charge in [0.1, 0.15) is 5.75 Å². The molecule has 3 rings (SSSR count). The lowest BCUT2D eigenvalue weighted by Crippen LogP contribution is -2.41. The van der Waals surface area contributed by atoms with Gasteiger partial charge in [-0.1, -0.05) is 11.6 Å². The molecule has 0 aliphatic carbocycles. The van der Waals surface area contributed by atoms with Gasteiger partial charge in [-0.05, 0) is 55.3 Å². The van der Waals surface area contributed by atoms with Crippen molar-refractivity contribution in [1.82, 2.24) is 15.2 Å². The molecule has 3 N–H and O–H groups in total. The number of rotatable bonds is 4. The number of carbonyl (C=O) groups is 2. The van der Waals surface area contributed by atoms with Crippen LogP contribution in [0, 0.1) is 0 Å². The number of sulfonamides is 1. The lowest BCUT2D eigenvalue weighted by molar-refractivity contribution is 0.0845. The largest absolute Gasteiger partial charge is 0.507 e. The van der Waals surface area contributed by atoms with Gasteiger partial charge in [-0.15, -0.1) is 0 Å². The Morgan fingerprint density at radius 2 is 1.57 bits per heavy atom. The zero-order valence-corrected chi connectivity index (χ0v) is 16.3. The number of hydrogen-bond acceptors (Lipinski definition) is 5. The molecule has 0 spiro atoms. The Morgan fingerprint density at radius 1 is 0.964 bits per heavy atom. The first-order chi connectivity index (χ1) is 13.3. The van der Waals surface area contributed by atoms with E-state index in [9.17, 15) is 23.1 Å². The number of amides is 2. The number of benzene rings is 2. The van der Waals surface area contributed by atoms with Crippen LogP contribution >= 0.6 is 11.6 Å². The number of nitrogens with zero attached hydrogens (tertiary/aromatic N) is 1.